The number of likely N-dealkylation sites (N-methyl/N-ethyl adjacent to an activating group) is 1. The molecule has 0 saturated carbocycles. The molecule has 4 heteroatoms. The zero-order valence-corrected chi connectivity index (χ0v) is 13.3. The van der Waals surface area contributed by atoms with Crippen LogP contribution in [-0.4, -0.2) is 50.9 Å². The summed E-state index contributed by atoms with van der Waals surface area (Å²) in [6, 6.07) is 8.18. The predicted octanol–water partition coefficient (Wildman–Crippen LogP) is 1.73. The Kier molecular flexibility index (Phi) is 8.53. The zero-order chi connectivity index (χ0) is 15.5. The Bertz CT molecular complexity index is 448. The number of hydrogen-bond donors (Lipinski definition) is 1. The molecule has 1 aromatic carbocycles. The molecule has 0 aliphatic rings. The maximum Gasteiger partial charge on any atom is 0.119 e. The summed E-state index contributed by atoms with van der Waals surface area (Å²) in [6.45, 7) is 7.97. The molecule has 0 aliphatic carbocycles. The van der Waals surface area contributed by atoms with Gasteiger partial charge in [-0.3, -0.25) is 4.90 Å². The Morgan fingerprint density at radius 3 is 2.57 bits per heavy atom. The number of rotatable bonds is 8. The van der Waals surface area contributed by atoms with Crippen molar-refractivity contribution in [3.8, 4) is 17.6 Å². The summed E-state index contributed by atoms with van der Waals surface area (Å²) in [4.78, 5) is 2.34. The highest BCUT2D eigenvalue weighted by Gasteiger charge is 2.11. The summed E-state index contributed by atoms with van der Waals surface area (Å²) in [5, 5.41) is 0. The van der Waals surface area contributed by atoms with E-state index >= 15 is 0 Å². The first-order valence-electron chi connectivity index (χ1n) is 7.36. The Morgan fingerprint density at radius 1 is 1.29 bits per heavy atom. The van der Waals surface area contributed by atoms with Crippen LogP contribution in [0.4, 0.5) is 0 Å². The van der Waals surface area contributed by atoms with Gasteiger partial charge in [0.1, 0.15) is 12.4 Å². The lowest BCUT2D eigenvalue weighted by Crippen LogP contribution is -2.38. The minimum Gasteiger partial charge on any atom is -0.492 e. The normalized spacial score (nSPS) is 11.9. The lowest BCUT2D eigenvalue weighted by molar-refractivity contribution is 0.0920. The summed E-state index contributed by atoms with van der Waals surface area (Å²) in [5.41, 5.74) is 6.30. The van der Waals surface area contributed by atoms with E-state index in [1.807, 2.05) is 24.3 Å². The standard InChI is InChI=1S/C17H26N2O2/c1-4-19(15(2)14-20-3)12-13-21-17-9-7-16(8-10-17)6-5-11-18/h7-10,15H,4,11-14,18H2,1-3H3. The minimum absolute atomic E-state index is 0.380. The first kappa shape index (κ1) is 17.5. The lowest BCUT2D eigenvalue weighted by Gasteiger charge is -2.27. The van der Waals surface area contributed by atoms with Crippen LogP contribution >= 0.6 is 0 Å². The van der Waals surface area contributed by atoms with Crippen molar-refractivity contribution in [2.45, 2.75) is 19.9 Å². The van der Waals surface area contributed by atoms with Gasteiger partial charge >= 0.3 is 0 Å². The highest BCUT2D eigenvalue weighted by Crippen LogP contribution is 2.11. The summed E-state index contributed by atoms with van der Waals surface area (Å²) in [6.07, 6.45) is 0. The van der Waals surface area contributed by atoms with Gasteiger partial charge in [-0.05, 0) is 37.7 Å². The molecule has 21 heavy (non-hydrogen) atoms. The van der Waals surface area contributed by atoms with E-state index in [4.69, 9.17) is 15.2 Å². The Labute approximate surface area is 128 Å². The number of benzene rings is 1. The third-order valence-corrected chi connectivity index (χ3v) is 3.27. The number of nitrogens with zero attached hydrogens (tertiary/aromatic N) is 1. The predicted molar refractivity (Wildman–Crippen MR) is 86.5 cm³/mol. The lowest BCUT2D eigenvalue weighted by atomic mass is 10.2. The topological polar surface area (TPSA) is 47.7 Å². The summed E-state index contributed by atoms with van der Waals surface area (Å²) >= 11 is 0. The van der Waals surface area contributed by atoms with Crippen LogP contribution in [0.1, 0.15) is 19.4 Å². The average Bonchev–Trinajstić information content (AvgIpc) is 2.51. The average molecular weight is 290 g/mol. The van der Waals surface area contributed by atoms with Crippen LogP contribution in [0, 0.1) is 11.8 Å². The van der Waals surface area contributed by atoms with E-state index in [1.54, 1.807) is 7.11 Å². The molecular formula is C17H26N2O2. The van der Waals surface area contributed by atoms with Crippen molar-refractivity contribution in [3.05, 3.63) is 29.8 Å². The van der Waals surface area contributed by atoms with Crippen molar-refractivity contribution in [2.75, 3.05) is 40.0 Å². The minimum atomic E-state index is 0.380. The SMILES string of the molecule is CCN(CCOc1ccc(C#CCN)cc1)C(C)COC. The van der Waals surface area contributed by atoms with E-state index in [1.165, 1.54) is 0 Å². The van der Waals surface area contributed by atoms with E-state index in [0.717, 1.165) is 31.0 Å². The second-order valence-electron chi connectivity index (χ2n) is 4.81. The van der Waals surface area contributed by atoms with Crippen LogP contribution in [0.15, 0.2) is 24.3 Å². The smallest absolute Gasteiger partial charge is 0.119 e. The quantitative estimate of drug-likeness (QED) is 0.741. The fourth-order valence-electron chi connectivity index (χ4n) is 2.11. The van der Waals surface area contributed by atoms with Gasteiger partial charge < -0.3 is 15.2 Å². The molecule has 0 radical (unpaired) electrons. The summed E-state index contributed by atoms with van der Waals surface area (Å²) in [7, 11) is 1.73. The summed E-state index contributed by atoms with van der Waals surface area (Å²) < 4.78 is 11.0. The molecule has 4 nitrogen and oxygen atoms in total. The van der Waals surface area contributed by atoms with Gasteiger partial charge in [-0.15, -0.1) is 0 Å². The monoisotopic (exact) mass is 290 g/mol. The molecule has 1 atom stereocenters. The van der Waals surface area contributed by atoms with Crippen LogP contribution in [0.2, 0.25) is 0 Å². The van der Waals surface area contributed by atoms with Gasteiger partial charge in [-0.1, -0.05) is 18.8 Å². The highest BCUT2D eigenvalue weighted by atomic mass is 16.5. The van der Waals surface area contributed by atoms with Gasteiger partial charge in [-0.25, -0.2) is 0 Å². The van der Waals surface area contributed by atoms with E-state index in [-0.39, 0.29) is 0 Å². The van der Waals surface area contributed by atoms with Crippen molar-refractivity contribution < 1.29 is 9.47 Å². The van der Waals surface area contributed by atoms with Gasteiger partial charge in [0.05, 0.1) is 13.2 Å². The fraction of sp³-hybridized carbons (Fsp3) is 0.529. The largest absolute Gasteiger partial charge is 0.492 e. The zero-order valence-electron chi connectivity index (χ0n) is 13.3. The Hall–Kier alpha value is -1.54. The molecule has 0 fully saturated rings. The molecule has 1 rings (SSSR count). The molecular weight excluding hydrogens is 264 g/mol. The molecule has 0 spiro atoms. The Morgan fingerprint density at radius 2 is 2.00 bits per heavy atom. The Balaban J connectivity index is 2.40. The maximum atomic E-state index is 5.77. The second kappa shape index (κ2) is 10.2. The van der Waals surface area contributed by atoms with Crippen LogP contribution in [-0.2, 0) is 4.74 Å². The molecule has 0 heterocycles. The summed E-state index contributed by atoms with van der Waals surface area (Å²) in [5.74, 6) is 6.69. The van der Waals surface area contributed by atoms with Crippen molar-refractivity contribution in [3.63, 3.8) is 0 Å². The number of hydrogen-bond acceptors (Lipinski definition) is 4. The molecule has 1 unspecified atom stereocenters. The molecule has 0 saturated heterocycles. The second-order valence-corrected chi connectivity index (χ2v) is 4.81. The molecule has 1 aromatic rings. The molecule has 2 N–H and O–H groups in total. The van der Waals surface area contributed by atoms with E-state index in [2.05, 4.69) is 30.6 Å². The van der Waals surface area contributed by atoms with Gasteiger partial charge in [0.15, 0.2) is 0 Å². The number of ether oxygens (including phenoxy) is 2. The van der Waals surface area contributed by atoms with Crippen LogP contribution in [0.25, 0.3) is 0 Å². The van der Waals surface area contributed by atoms with E-state index < -0.39 is 0 Å². The molecule has 116 valence electrons. The van der Waals surface area contributed by atoms with Crippen molar-refractivity contribution >= 4 is 0 Å². The molecule has 0 amide bonds. The van der Waals surface area contributed by atoms with E-state index in [0.29, 0.717) is 19.2 Å². The van der Waals surface area contributed by atoms with Gasteiger partial charge in [0.2, 0.25) is 0 Å². The van der Waals surface area contributed by atoms with Crippen LogP contribution in [0.5, 0.6) is 5.75 Å². The molecule has 0 bridgehead atoms. The van der Waals surface area contributed by atoms with Gasteiger partial charge in [0, 0.05) is 25.3 Å². The number of methoxy groups -OCH3 is 1. The molecule has 0 aliphatic heterocycles. The molecule has 0 aromatic heterocycles. The first-order valence-corrected chi connectivity index (χ1v) is 7.36. The third kappa shape index (κ3) is 6.63. The fourth-order valence-corrected chi connectivity index (χ4v) is 2.11. The first-order chi connectivity index (χ1) is 10.2. The highest BCUT2D eigenvalue weighted by molar-refractivity contribution is 5.38. The van der Waals surface area contributed by atoms with Gasteiger partial charge in [0.25, 0.3) is 0 Å². The van der Waals surface area contributed by atoms with Crippen LogP contribution < -0.4 is 10.5 Å². The third-order valence-electron chi connectivity index (χ3n) is 3.27. The maximum absolute atomic E-state index is 5.77. The van der Waals surface area contributed by atoms with E-state index in [9.17, 15) is 0 Å². The van der Waals surface area contributed by atoms with Crippen molar-refractivity contribution in [1.82, 2.24) is 4.90 Å². The van der Waals surface area contributed by atoms with Crippen LogP contribution in [0.3, 0.4) is 0 Å². The number of nitrogens with two attached hydrogens (primary N) is 1. The van der Waals surface area contributed by atoms with Crippen molar-refractivity contribution in [2.24, 2.45) is 5.73 Å². The van der Waals surface area contributed by atoms with Crippen molar-refractivity contribution in [1.29, 1.82) is 0 Å². The van der Waals surface area contributed by atoms with Gasteiger partial charge in [-0.2, -0.15) is 0 Å².